The van der Waals surface area contributed by atoms with Crippen LogP contribution in [-0.2, 0) is 11.3 Å². The minimum atomic E-state index is -0.326. The van der Waals surface area contributed by atoms with Crippen LogP contribution in [0.25, 0.3) is 0 Å². The van der Waals surface area contributed by atoms with Crippen LogP contribution in [-0.4, -0.2) is 42.6 Å². The number of hydrogen-bond acceptors (Lipinski definition) is 5. The number of ether oxygens (including phenoxy) is 1. The average Bonchev–Trinajstić information content (AvgIpc) is 2.86. The molecule has 0 amide bonds. The zero-order valence-corrected chi connectivity index (χ0v) is 10.6. The summed E-state index contributed by atoms with van der Waals surface area (Å²) in [5, 5.41) is 0. The largest absolute Gasteiger partial charge is 0.465 e. The van der Waals surface area contributed by atoms with E-state index >= 15 is 0 Å². The molecule has 1 unspecified atom stereocenters. The van der Waals surface area contributed by atoms with Gasteiger partial charge < -0.3 is 10.5 Å². The molecule has 1 aromatic rings. The molecule has 0 saturated carbocycles. The van der Waals surface area contributed by atoms with Gasteiger partial charge in [-0.15, -0.1) is 0 Å². The van der Waals surface area contributed by atoms with Crippen molar-refractivity contribution in [1.82, 2.24) is 9.88 Å². The Morgan fingerprint density at radius 3 is 3.17 bits per heavy atom. The van der Waals surface area contributed by atoms with Crippen LogP contribution in [0.5, 0.6) is 0 Å². The van der Waals surface area contributed by atoms with Crippen LogP contribution in [0.15, 0.2) is 18.3 Å². The second kappa shape index (κ2) is 5.93. The number of likely N-dealkylation sites (tertiary alicyclic amines) is 1. The molecular formula is C13H19N3O2. The summed E-state index contributed by atoms with van der Waals surface area (Å²) in [7, 11) is 1.39. The van der Waals surface area contributed by atoms with Crippen molar-refractivity contribution < 1.29 is 9.53 Å². The molecule has 2 rings (SSSR count). The molecule has 5 heteroatoms. The van der Waals surface area contributed by atoms with Crippen molar-refractivity contribution in [2.45, 2.75) is 13.0 Å². The lowest BCUT2D eigenvalue weighted by Crippen LogP contribution is -2.24. The van der Waals surface area contributed by atoms with E-state index in [-0.39, 0.29) is 5.97 Å². The highest BCUT2D eigenvalue weighted by atomic mass is 16.5. The van der Waals surface area contributed by atoms with E-state index in [4.69, 9.17) is 10.5 Å². The highest BCUT2D eigenvalue weighted by Gasteiger charge is 2.23. The van der Waals surface area contributed by atoms with Crippen molar-refractivity contribution in [3.8, 4) is 0 Å². The van der Waals surface area contributed by atoms with Gasteiger partial charge in [0.15, 0.2) is 0 Å². The molecular weight excluding hydrogens is 230 g/mol. The molecule has 1 atom stereocenters. The van der Waals surface area contributed by atoms with Crippen LogP contribution >= 0.6 is 0 Å². The highest BCUT2D eigenvalue weighted by Crippen LogP contribution is 2.18. The van der Waals surface area contributed by atoms with Gasteiger partial charge in [0.25, 0.3) is 0 Å². The third-order valence-electron chi connectivity index (χ3n) is 3.37. The summed E-state index contributed by atoms with van der Waals surface area (Å²) in [5.41, 5.74) is 7.00. The fourth-order valence-corrected chi connectivity index (χ4v) is 2.32. The molecule has 98 valence electrons. The lowest BCUT2D eigenvalue weighted by molar-refractivity contribution is 0.0597. The minimum absolute atomic E-state index is 0.326. The molecule has 5 nitrogen and oxygen atoms in total. The maximum Gasteiger partial charge on any atom is 0.339 e. The lowest BCUT2D eigenvalue weighted by atomic mass is 10.1. The van der Waals surface area contributed by atoms with Gasteiger partial charge in [-0.2, -0.15) is 0 Å². The van der Waals surface area contributed by atoms with Gasteiger partial charge in [0.05, 0.1) is 18.4 Å². The van der Waals surface area contributed by atoms with Crippen LogP contribution in [0.4, 0.5) is 0 Å². The second-order valence-corrected chi connectivity index (χ2v) is 4.61. The number of nitrogens with zero attached hydrogens (tertiary/aromatic N) is 2. The third kappa shape index (κ3) is 2.86. The summed E-state index contributed by atoms with van der Waals surface area (Å²) in [4.78, 5) is 18.2. The van der Waals surface area contributed by atoms with Gasteiger partial charge >= 0.3 is 5.97 Å². The Hall–Kier alpha value is -1.46. The standard InChI is InChI=1S/C13H19N3O2/c1-18-13(17)11-3-2-5-15-12(11)9-16-6-4-10(7-14)8-16/h2-3,5,10H,4,6-9,14H2,1H3. The van der Waals surface area contributed by atoms with Crippen molar-refractivity contribution >= 4 is 5.97 Å². The molecule has 0 spiro atoms. The Balaban J connectivity index is 2.07. The monoisotopic (exact) mass is 249 g/mol. The van der Waals surface area contributed by atoms with E-state index in [9.17, 15) is 4.79 Å². The summed E-state index contributed by atoms with van der Waals surface area (Å²) in [6, 6.07) is 3.51. The summed E-state index contributed by atoms with van der Waals surface area (Å²) in [6.45, 7) is 3.40. The molecule has 1 saturated heterocycles. The molecule has 1 aromatic heterocycles. The van der Waals surface area contributed by atoms with E-state index in [1.165, 1.54) is 7.11 Å². The van der Waals surface area contributed by atoms with Gasteiger partial charge in [-0.1, -0.05) is 0 Å². The number of carbonyl (C=O) groups is 1. The molecule has 0 aliphatic carbocycles. The number of rotatable bonds is 4. The molecule has 0 radical (unpaired) electrons. The minimum Gasteiger partial charge on any atom is -0.465 e. The van der Waals surface area contributed by atoms with Gasteiger partial charge in [-0.3, -0.25) is 9.88 Å². The zero-order chi connectivity index (χ0) is 13.0. The van der Waals surface area contributed by atoms with Crippen LogP contribution in [0.3, 0.4) is 0 Å². The second-order valence-electron chi connectivity index (χ2n) is 4.61. The molecule has 0 aromatic carbocycles. The SMILES string of the molecule is COC(=O)c1cccnc1CN1CCC(CN)C1. The zero-order valence-electron chi connectivity index (χ0n) is 10.6. The molecule has 18 heavy (non-hydrogen) atoms. The van der Waals surface area contributed by atoms with E-state index < -0.39 is 0 Å². The molecule has 1 aliphatic rings. The van der Waals surface area contributed by atoms with Crippen molar-refractivity contribution in [3.63, 3.8) is 0 Å². The number of pyridine rings is 1. The first-order chi connectivity index (χ1) is 8.74. The summed E-state index contributed by atoms with van der Waals surface area (Å²) < 4.78 is 4.77. The summed E-state index contributed by atoms with van der Waals surface area (Å²) in [5.74, 6) is 0.239. The quantitative estimate of drug-likeness (QED) is 0.793. The average molecular weight is 249 g/mol. The Kier molecular flexibility index (Phi) is 4.28. The summed E-state index contributed by atoms with van der Waals surface area (Å²) in [6.07, 6.45) is 2.83. The number of hydrogen-bond donors (Lipinski definition) is 1. The molecule has 0 bridgehead atoms. The fraction of sp³-hybridized carbons (Fsp3) is 0.538. The Bertz CT molecular complexity index is 422. The smallest absolute Gasteiger partial charge is 0.339 e. The number of aromatic nitrogens is 1. The third-order valence-corrected chi connectivity index (χ3v) is 3.37. The Morgan fingerprint density at radius 2 is 2.50 bits per heavy atom. The first-order valence-corrected chi connectivity index (χ1v) is 6.19. The Labute approximate surface area is 107 Å². The van der Waals surface area contributed by atoms with Crippen molar-refractivity contribution in [2.75, 3.05) is 26.7 Å². The van der Waals surface area contributed by atoms with Gasteiger partial charge in [-0.25, -0.2) is 4.79 Å². The first kappa shape index (κ1) is 13.0. The van der Waals surface area contributed by atoms with Crippen molar-refractivity contribution in [2.24, 2.45) is 11.7 Å². The molecule has 2 N–H and O–H groups in total. The van der Waals surface area contributed by atoms with Crippen molar-refractivity contribution in [1.29, 1.82) is 0 Å². The van der Waals surface area contributed by atoms with Crippen molar-refractivity contribution in [3.05, 3.63) is 29.6 Å². The number of nitrogens with two attached hydrogens (primary N) is 1. The highest BCUT2D eigenvalue weighted by molar-refractivity contribution is 5.90. The van der Waals surface area contributed by atoms with E-state index in [1.54, 1.807) is 18.3 Å². The van der Waals surface area contributed by atoms with E-state index in [0.29, 0.717) is 18.0 Å². The number of esters is 1. The van der Waals surface area contributed by atoms with Crippen LogP contribution in [0.2, 0.25) is 0 Å². The summed E-state index contributed by atoms with van der Waals surface area (Å²) >= 11 is 0. The molecule has 2 heterocycles. The van der Waals surface area contributed by atoms with Crippen LogP contribution < -0.4 is 5.73 Å². The predicted molar refractivity (Wildman–Crippen MR) is 68.0 cm³/mol. The number of methoxy groups -OCH3 is 1. The van der Waals surface area contributed by atoms with Gasteiger partial charge in [0.2, 0.25) is 0 Å². The topological polar surface area (TPSA) is 68.5 Å². The van der Waals surface area contributed by atoms with E-state index in [2.05, 4.69) is 9.88 Å². The van der Waals surface area contributed by atoms with Gasteiger partial charge in [-0.05, 0) is 37.6 Å². The van der Waals surface area contributed by atoms with Gasteiger partial charge in [0.1, 0.15) is 0 Å². The molecule has 1 aliphatic heterocycles. The van der Waals surface area contributed by atoms with E-state index in [1.807, 2.05) is 0 Å². The van der Waals surface area contributed by atoms with E-state index in [0.717, 1.165) is 31.7 Å². The number of carbonyl (C=O) groups excluding carboxylic acids is 1. The first-order valence-electron chi connectivity index (χ1n) is 6.19. The van der Waals surface area contributed by atoms with Crippen LogP contribution in [0.1, 0.15) is 22.5 Å². The van der Waals surface area contributed by atoms with Gasteiger partial charge in [0, 0.05) is 19.3 Å². The van der Waals surface area contributed by atoms with Crippen LogP contribution in [0, 0.1) is 5.92 Å². The maximum absolute atomic E-state index is 11.6. The fourth-order valence-electron chi connectivity index (χ4n) is 2.32. The predicted octanol–water partition coefficient (Wildman–Crippen LogP) is 0.649. The normalized spacial score (nSPS) is 20.0. The maximum atomic E-state index is 11.6. The Morgan fingerprint density at radius 1 is 1.67 bits per heavy atom. The lowest BCUT2D eigenvalue weighted by Gasteiger charge is -2.16. The molecule has 1 fully saturated rings.